The number of piperidine rings is 1. The highest BCUT2D eigenvalue weighted by atomic mass is 35.5. The van der Waals surface area contributed by atoms with Gasteiger partial charge in [-0.2, -0.15) is 0 Å². The second kappa shape index (κ2) is 9.35. The quantitative estimate of drug-likeness (QED) is 0.709. The smallest absolute Gasteiger partial charge is 0.314 e. The highest BCUT2D eigenvalue weighted by molar-refractivity contribution is 7.16. The first-order valence-electron chi connectivity index (χ1n) is 7.80. The molecule has 0 bridgehead atoms. The SMILES string of the molecule is O=C(NCCc1ccc(Cl)s1)NC[C@@H](O)CN1CCCCC1. The van der Waals surface area contributed by atoms with Gasteiger partial charge in [-0.15, -0.1) is 11.3 Å². The summed E-state index contributed by atoms with van der Waals surface area (Å²) in [5, 5.41) is 15.5. The Balaban J connectivity index is 1.54. The molecule has 5 nitrogen and oxygen atoms in total. The predicted molar refractivity (Wildman–Crippen MR) is 90.7 cm³/mol. The van der Waals surface area contributed by atoms with E-state index in [9.17, 15) is 9.90 Å². The molecule has 1 atom stereocenters. The zero-order chi connectivity index (χ0) is 15.8. The fourth-order valence-electron chi connectivity index (χ4n) is 2.56. The second-order valence-corrected chi connectivity index (χ2v) is 7.41. The van der Waals surface area contributed by atoms with Crippen molar-refractivity contribution in [3.8, 4) is 0 Å². The van der Waals surface area contributed by atoms with E-state index < -0.39 is 6.10 Å². The Morgan fingerprint density at radius 1 is 1.32 bits per heavy atom. The van der Waals surface area contributed by atoms with Crippen molar-refractivity contribution in [3.05, 3.63) is 21.3 Å². The largest absolute Gasteiger partial charge is 0.390 e. The van der Waals surface area contributed by atoms with Gasteiger partial charge in [-0.1, -0.05) is 18.0 Å². The van der Waals surface area contributed by atoms with Crippen LogP contribution in [0.2, 0.25) is 4.34 Å². The summed E-state index contributed by atoms with van der Waals surface area (Å²) in [6, 6.07) is 3.59. The molecule has 2 heterocycles. The molecule has 0 aliphatic carbocycles. The zero-order valence-corrected chi connectivity index (χ0v) is 14.3. The first kappa shape index (κ1) is 17.5. The van der Waals surface area contributed by atoms with Gasteiger partial charge < -0.3 is 20.6 Å². The summed E-state index contributed by atoms with van der Waals surface area (Å²) >= 11 is 7.38. The first-order valence-corrected chi connectivity index (χ1v) is 8.99. The predicted octanol–water partition coefficient (Wildman–Crippen LogP) is 2.09. The number of aliphatic hydroxyl groups excluding tert-OH is 1. The number of amides is 2. The molecular weight excluding hydrogens is 322 g/mol. The van der Waals surface area contributed by atoms with Gasteiger partial charge in [0.25, 0.3) is 0 Å². The van der Waals surface area contributed by atoms with Gasteiger partial charge in [0.15, 0.2) is 0 Å². The zero-order valence-electron chi connectivity index (χ0n) is 12.7. The number of thiophene rings is 1. The molecule has 1 aromatic rings. The van der Waals surface area contributed by atoms with Crippen LogP contribution in [0.1, 0.15) is 24.1 Å². The number of rotatable bonds is 7. The number of carbonyl (C=O) groups is 1. The Kier molecular flexibility index (Phi) is 7.45. The normalized spacial score (nSPS) is 17.2. The average molecular weight is 346 g/mol. The molecule has 0 aromatic carbocycles. The van der Waals surface area contributed by atoms with Crippen molar-refractivity contribution in [1.29, 1.82) is 0 Å². The number of carbonyl (C=O) groups excluding carboxylic acids is 1. The average Bonchev–Trinajstić information content (AvgIpc) is 2.92. The number of β-amino-alcohol motifs (C(OH)–C–C–N with tert-alkyl or cyclic N) is 1. The van der Waals surface area contributed by atoms with Crippen LogP contribution in [0.5, 0.6) is 0 Å². The molecule has 0 spiro atoms. The first-order chi connectivity index (χ1) is 10.6. The maximum Gasteiger partial charge on any atom is 0.314 e. The summed E-state index contributed by atoms with van der Waals surface area (Å²) in [7, 11) is 0. The van der Waals surface area contributed by atoms with Crippen molar-refractivity contribution >= 4 is 29.0 Å². The number of nitrogens with one attached hydrogen (secondary N) is 2. The number of likely N-dealkylation sites (tertiary alicyclic amines) is 1. The Bertz CT molecular complexity index is 463. The van der Waals surface area contributed by atoms with Crippen LogP contribution < -0.4 is 10.6 Å². The maximum atomic E-state index is 11.7. The lowest BCUT2D eigenvalue weighted by molar-refractivity contribution is 0.101. The molecule has 7 heteroatoms. The van der Waals surface area contributed by atoms with E-state index in [-0.39, 0.29) is 12.6 Å². The molecule has 2 rings (SSSR count). The fraction of sp³-hybridized carbons (Fsp3) is 0.667. The van der Waals surface area contributed by atoms with Gasteiger partial charge in [0, 0.05) is 24.5 Å². The molecule has 1 aliphatic heterocycles. The highest BCUT2D eigenvalue weighted by Gasteiger charge is 2.15. The van der Waals surface area contributed by atoms with E-state index in [0.29, 0.717) is 13.1 Å². The molecule has 1 aliphatic rings. The van der Waals surface area contributed by atoms with Crippen molar-refractivity contribution < 1.29 is 9.90 Å². The highest BCUT2D eigenvalue weighted by Crippen LogP contribution is 2.21. The minimum Gasteiger partial charge on any atom is -0.390 e. The minimum atomic E-state index is -0.514. The number of hydrogen-bond donors (Lipinski definition) is 3. The van der Waals surface area contributed by atoms with E-state index >= 15 is 0 Å². The molecule has 0 unspecified atom stereocenters. The molecule has 2 amide bonds. The summed E-state index contributed by atoms with van der Waals surface area (Å²) in [5.74, 6) is 0. The van der Waals surface area contributed by atoms with Crippen molar-refractivity contribution in [1.82, 2.24) is 15.5 Å². The van der Waals surface area contributed by atoms with Gasteiger partial charge in [0.2, 0.25) is 0 Å². The summed E-state index contributed by atoms with van der Waals surface area (Å²) in [6.45, 7) is 3.57. The van der Waals surface area contributed by atoms with E-state index in [1.165, 1.54) is 30.6 Å². The second-order valence-electron chi connectivity index (χ2n) is 5.61. The lowest BCUT2D eigenvalue weighted by Crippen LogP contribution is -2.45. The standard InChI is InChI=1S/C15H24ClN3O2S/c16-14-5-4-13(22-14)6-7-17-15(21)18-10-12(20)11-19-8-2-1-3-9-19/h4-5,12,20H,1-3,6-11H2,(H2,17,18,21)/t12-/m1/s1. The topological polar surface area (TPSA) is 64.6 Å². The lowest BCUT2D eigenvalue weighted by atomic mass is 10.1. The van der Waals surface area contributed by atoms with Gasteiger partial charge in [-0.3, -0.25) is 0 Å². The summed E-state index contributed by atoms with van der Waals surface area (Å²) in [6.07, 6.45) is 3.94. The third-order valence-electron chi connectivity index (χ3n) is 3.70. The van der Waals surface area contributed by atoms with E-state index in [1.807, 2.05) is 12.1 Å². The molecule has 3 N–H and O–H groups in total. The van der Waals surface area contributed by atoms with E-state index in [2.05, 4.69) is 15.5 Å². The van der Waals surface area contributed by atoms with Gasteiger partial charge in [0.1, 0.15) is 0 Å². The van der Waals surface area contributed by atoms with E-state index in [1.54, 1.807) is 0 Å². The van der Waals surface area contributed by atoms with Crippen LogP contribution in [0.4, 0.5) is 4.79 Å². The Morgan fingerprint density at radius 3 is 2.77 bits per heavy atom. The van der Waals surface area contributed by atoms with Crippen LogP contribution >= 0.6 is 22.9 Å². The molecule has 1 fully saturated rings. The summed E-state index contributed by atoms with van der Waals surface area (Å²) < 4.78 is 0.764. The van der Waals surface area contributed by atoms with Crippen LogP contribution in [0.25, 0.3) is 0 Å². The number of nitrogens with zero attached hydrogens (tertiary/aromatic N) is 1. The Labute approximate surface area is 140 Å². The van der Waals surface area contributed by atoms with Gasteiger partial charge in [-0.05, 0) is 44.5 Å². The molecule has 1 aromatic heterocycles. The van der Waals surface area contributed by atoms with E-state index in [0.717, 1.165) is 28.7 Å². The van der Waals surface area contributed by atoms with Crippen LogP contribution in [0.15, 0.2) is 12.1 Å². The number of aliphatic hydroxyl groups is 1. The Hall–Kier alpha value is -0.820. The monoisotopic (exact) mass is 345 g/mol. The van der Waals surface area contributed by atoms with Crippen molar-refractivity contribution in [2.75, 3.05) is 32.7 Å². The minimum absolute atomic E-state index is 0.236. The van der Waals surface area contributed by atoms with Gasteiger partial charge >= 0.3 is 6.03 Å². The molecule has 1 saturated heterocycles. The van der Waals surface area contributed by atoms with Crippen molar-refractivity contribution in [2.24, 2.45) is 0 Å². The van der Waals surface area contributed by atoms with Crippen molar-refractivity contribution in [2.45, 2.75) is 31.8 Å². The van der Waals surface area contributed by atoms with Crippen LogP contribution in [0, 0.1) is 0 Å². The van der Waals surface area contributed by atoms with Crippen LogP contribution in [-0.4, -0.2) is 54.9 Å². The number of halogens is 1. The third-order valence-corrected chi connectivity index (χ3v) is 4.99. The van der Waals surface area contributed by atoms with Gasteiger partial charge in [0.05, 0.1) is 10.4 Å². The van der Waals surface area contributed by atoms with Gasteiger partial charge in [-0.25, -0.2) is 4.79 Å². The summed E-state index contributed by atoms with van der Waals surface area (Å²) in [4.78, 5) is 15.1. The molecule has 22 heavy (non-hydrogen) atoms. The van der Waals surface area contributed by atoms with Crippen molar-refractivity contribution in [3.63, 3.8) is 0 Å². The lowest BCUT2D eigenvalue weighted by Gasteiger charge is -2.28. The Morgan fingerprint density at radius 2 is 2.09 bits per heavy atom. The molecular formula is C15H24ClN3O2S. The molecule has 124 valence electrons. The maximum absolute atomic E-state index is 11.7. The van der Waals surface area contributed by atoms with Crippen LogP contribution in [-0.2, 0) is 6.42 Å². The number of hydrogen-bond acceptors (Lipinski definition) is 4. The summed E-state index contributed by atoms with van der Waals surface area (Å²) in [5.41, 5.74) is 0. The number of urea groups is 1. The van der Waals surface area contributed by atoms with E-state index in [4.69, 9.17) is 11.6 Å². The fourth-order valence-corrected chi connectivity index (χ4v) is 3.65. The molecule has 0 radical (unpaired) electrons. The van der Waals surface area contributed by atoms with Crippen LogP contribution in [0.3, 0.4) is 0 Å². The molecule has 0 saturated carbocycles. The third kappa shape index (κ3) is 6.52.